The molecule has 0 saturated carbocycles. The summed E-state index contributed by atoms with van der Waals surface area (Å²) in [4.78, 5) is 19.7. The number of alkyl halides is 2. The van der Waals surface area contributed by atoms with Gasteiger partial charge in [-0.1, -0.05) is 24.3 Å². The number of aromatic nitrogens is 1. The van der Waals surface area contributed by atoms with Crippen LogP contribution in [0, 0.1) is 17.5 Å². The number of benzene rings is 1. The second-order valence-electron chi connectivity index (χ2n) is 9.92. The van der Waals surface area contributed by atoms with Gasteiger partial charge in [-0.15, -0.1) is 11.3 Å². The van der Waals surface area contributed by atoms with Gasteiger partial charge in [-0.25, -0.2) is 4.79 Å². The number of carbonyl (C=O) groups excluding carboxylic acids is 1. The second kappa shape index (κ2) is 10.2. The van der Waals surface area contributed by atoms with Gasteiger partial charge in [0, 0.05) is 34.5 Å². The summed E-state index contributed by atoms with van der Waals surface area (Å²) in [6.45, 7) is 6.39. The number of thiophene rings is 1. The minimum absolute atomic E-state index is 0.0698. The fourth-order valence-corrected chi connectivity index (χ4v) is 5.51. The molecule has 2 amide bonds. The van der Waals surface area contributed by atoms with E-state index in [9.17, 15) is 9.18 Å². The van der Waals surface area contributed by atoms with E-state index in [0.29, 0.717) is 23.5 Å². The number of likely N-dealkylation sites (tertiary alicyclic amines) is 1. The van der Waals surface area contributed by atoms with Crippen LogP contribution in [-0.4, -0.2) is 35.1 Å². The highest BCUT2D eigenvalue weighted by Crippen LogP contribution is 2.49. The Hall–Kier alpha value is -2.91. The van der Waals surface area contributed by atoms with E-state index in [2.05, 4.69) is 10.3 Å². The van der Waals surface area contributed by atoms with Crippen LogP contribution in [0.3, 0.4) is 0 Å². The lowest BCUT2D eigenvalue weighted by Gasteiger charge is -2.41. The van der Waals surface area contributed by atoms with E-state index in [4.69, 9.17) is 0 Å². The highest BCUT2D eigenvalue weighted by atomic mass is 32.1. The van der Waals surface area contributed by atoms with Gasteiger partial charge in [-0.3, -0.25) is 15.2 Å². The summed E-state index contributed by atoms with van der Waals surface area (Å²) in [7, 11) is 0. The molecule has 1 atom stereocenters. The third kappa shape index (κ3) is 5.57. The molecule has 2 aromatic heterocycles. The number of aryl methyl sites for hydroxylation is 2. The van der Waals surface area contributed by atoms with Crippen molar-refractivity contribution in [3.8, 4) is 0 Å². The Morgan fingerprint density at radius 1 is 1.14 bits per heavy atom. The van der Waals surface area contributed by atoms with E-state index >= 15 is 8.78 Å². The normalized spacial score (nSPS) is 18.8. The van der Waals surface area contributed by atoms with Crippen molar-refractivity contribution in [2.75, 3.05) is 18.4 Å². The van der Waals surface area contributed by atoms with E-state index in [1.54, 1.807) is 42.6 Å². The third-order valence-corrected chi connectivity index (χ3v) is 8.14. The first kappa shape index (κ1) is 26.2. The fourth-order valence-electron chi connectivity index (χ4n) is 4.79. The van der Waals surface area contributed by atoms with Crippen LogP contribution in [0.25, 0.3) is 0 Å². The highest BCUT2D eigenvalue weighted by molar-refractivity contribution is 7.10. The lowest BCUT2D eigenvalue weighted by molar-refractivity contribution is -0.138. The summed E-state index contributed by atoms with van der Waals surface area (Å²) in [6.07, 6.45) is 2.37. The summed E-state index contributed by atoms with van der Waals surface area (Å²) >= 11 is 0.968. The van der Waals surface area contributed by atoms with Crippen molar-refractivity contribution in [3.63, 3.8) is 0 Å². The van der Waals surface area contributed by atoms with Gasteiger partial charge in [0.15, 0.2) is 5.13 Å². The number of hydrogen-bond donors (Lipinski definition) is 2. The zero-order valence-corrected chi connectivity index (χ0v) is 21.5. The zero-order chi connectivity index (χ0) is 26.0. The van der Waals surface area contributed by atoms with E-state index in [1.165, 1.54) is 6.07 Å². The molecule has 1 fully saturated rings. The lowest BCUT2D eigenvalue weighted by atomic mass is 9.79. The Balaban J connectivity index is 1.57. The summed E-state index contributed by atoms with van der Waals surface area (Å²) in [5, 5.41) is 4.10. The van der Waals surface area contributed by atoms with Gasteiger partial charge in [0.05, 0.1) is 5.41 Å². The largest absolute Gasteiger partial charge is 0.333 e. The third-order valence-electron chi connectivity index (χ3n) is 7.21. The molecule has 0 radical (unpaired) electrons. The van der Waals surface area contributed by atoms with Crippen LogP contribution in [0.2, 0.25) is 0 Å². The van der Waals surface area contributed by atoms with Gasteiger partial charge in [-0.05, 0) is 82.5 Å². The number of anilines is 1. The van der Waals surface area contributed by atoms with Gasteiger partial charge in [0.2, 0.25) is 0 Å². The average molecular weight is 517 g/mol. The SMILES string of the molecule is Cc1ccc(C(C)(C)N2CC[C@@](CCc3ccc(F)s3)(C(F)(F)NC(=O)Nc3ccccc3)C2)cn1. The van der Waals surface area contributed by atoms with Crippen LogP contribution in [-0.2, 0) is 12.0 Å². The molecule has 2 N–H and O–H groups in total. The van der Waals surface area contributed by atoms with Crippen LogP contribution < -0.4 is 10.6 Å². The quantitative estimate of drug-likeness (QED) is 0.333. The van der Waals surface area contributed by atoms with Crippen molar-refractivity contribution in [2.45, 2.75) is 51.6 Å². The number of hydrogen-bond acceptors (Lipinski definition) is 4. The van der Waals surface area contributed by atoms with E-state index in [-0.39, 0.29) is 24.5 Å². The van der Waals surface area contributed by atoms with Crippen LogP contribution in [0.15, 0.2) is 60.8 Å². The minimum Gasteiger partial charge on any atom is -0.308 e. The number of urea groups is 1. The van der Waals surface area contributed by atoms with Crippen LogP contribution in [0.4, 0.5) is 23.7 Å². The van der Waals surface area contributed by atoms with E-state index < -0.39 is 23.0 Å². The van der Waals surface area contributed by atoms with Crippen molar-refractivity contribution in [1.29, 1.82) is 0 Å². The molecule has 1 aliphatic rings. The smallest absolute Gasteiger partial charge is 0.308 e. The number of nitrogens with one attached hydrogen (secondary N) is 2. The molecule has 0 aliphatic carbocycles. The number of carbonyl (C=O) groups is 1. The van der Waals surface area contributed by atoms with Gasteiger partial charge in [0.1, 0.15) is 0 Å². The summed E-state index contributed by atoms with van der Waals surface area (Å²) in [6, 6.07) is 10.9. The number of amides is 2. The molecule has 9 heteroatoms. The molecule has 0 bridgehead atoms. The highest BCUT2D eigenvalue weighted by Gasteiger charge is 2.59. The van der Waals surface area contributed by atoms with Crippen molar-refractivity contribution >= 4 is 23.1 Å². The molecule has 0 unspecified atom stereocenters. The minimum atomic E-state index is -3.50. The lowest BCUT2D eigenvalue weighted by Crippen LogP contribution is -2.57. The van der Waals surface area contributed by atoms with Gasteiger partial charge < -0.3 is 5.32 Å². The van der Waals surface area contributed by atoms with Gasteiger partial charge >= 0.3 is 12.1 Å². The molecule has 3 heterocycles. The number of pyridine rings is 1. The Morgan fingerprint density at radius 3 is 2.53 bits per heavy atom. The predicted molar refractivity (Wildman–Crippen MR) is 137 cm³/mol. The molecule has 1 aliphatic heterocycles. The average Bonchev–Trinajstić information content (AvgIpc) is 3.46. The van der Waals surface area contributed by atoms with Crippen LogP contribution >= 0.6 is 11.3 Å². The van der Waals surface area contributed by atoms with Crippen LogP contribution in [0.1, 0.15) is 42.8 Å². The summed E-state index contributed by atoms with van der Waals surface area (Å²) in [5.74, 6) is 0. The zero-order valence-electron chi connectivity index (χ0n) is 20.7. The molecule has 4 rings (SSSR count). The Kier molecular flexibility index (Phi) is 7.43. The molecule has 1 aromatic carbocycles. The standard InChI is InChI=1S/C27H31F3N4OS/c1-19-9-10-20(17-31-19)25(2,3)34-16-15-26(18-34,14-13-22-11-12-23(28)36-22)27(29,30)33-24(35)32-21-7-5-4-6-8-21/h4-12,17H,13-16,18H2,1-3H3,(H2,32,33,35)/t26-/m1/s1. The molecule has 36 heavy (non-hydrogen) atoms. The number of rotatable bonds is 8. The maximum Gasteiger partial charge on any atom is 0.333 e. The topological polar surface area (TPSA) is 57.3 Å². The Morgan fingerprint density at radius 2 is 1.89 bits per heavy atom. The summed E-state index contributed by atoms with van der Waals surface area (Å²) in [5.41, 5.74) is 0.169. The first-order valence-electron chi connectivity index (χ1n) is 12.0. The van der Waals surface area contributed by atoms with E-state index in [0.717, 1.165) is 22.6 Å². The molecule has 5 nitrogen and oxygen atoms in total. The summed E-state index contributed by atoms with van der Waals surface area (Å²) < 4.78 is 45.5. The molecular weight excluding hydrogens is 485 g/mol. The van der Waals surface area contributed by atoms with Crippen molar-refractivity contribution in [2.24, 2.45) is 5.41 Å². The number of nitrogens with zero attached hydrogens (tertiary/aromatic N) is 2. The van der Waals surface area contributed by atoms with Gasteiger partial charge in [-0.2, -0.15) is 13.2 Å². The predicted octanol–water partition coefficient (Wildman–Crippen LogP) is 6.57. The van der Waals surface area contributed by atoms with Gasteiger partial charge in [0.25, 0.3) is 0 Å². The molecule has 1 saturated heterocycles. The second-order valence-corrected chi connectivity index (χ2v) is 11.0. The Labute approximate surface area is 213 Å². The van der Waals surface area contributed by atoms with Crippen molar-refractivity contribution < 1.29 is 18.0 Å². The number of para-hydroxylation sites is 1. The monoisotopic (exact) mass is 516 g/mol. The maximum absolute atomic E-state index is 16.0. The van der Waals surface area contributed by atoms with Crippen molar-refractivity contribution in [3.05, 3.63) is 82.1 Å². The first-order valence-corrected chi connectivity index (χ1v) is 12.8. The molecular formula is C27H31F3N4OS. The molecule has 192 valence electrons. The van der Waals surface area contributed by atoms with E-state index in [1.807, 2.05) is 43.1 Å². The maximum atomic E-state index is 16.0. The van der Waals surface area contributed by atoms with Crippen LogP contribution in [0.5, 0.6) is 0 Å². The van der Waals surface area contributed by atoms with Crippen molar-refractivity contribution in [1.82, 2.24) is 15.2 Å². The molecule has 0 spiro atoms. The molecule has 3 aromatic rings. The first-order chi connectivity index (χ1) is 17.0. The Bertz CT molecular complexity index is 1180. The number of halogens is 3. The fraction of sp³-hybridized carbons (Fsp3) is 0.407.